The maximum Gasteiger partial charge on any atom is 0.128 e. The third-order valence-electron chi connectivity index (χ3n) is 2.37. The zero-order chi connectivity index (χ0) is 11.8. The summed E-state index contributed by atoms with van der Waals surface area (Å²) in [5.74, 6) is 1.03. The van der Waals surface area contributed by atoms with E-state index < -0.39 is 0 Å². The van der Waals surface area contributed by atoms with E-state index in [9.17, 15) is 0 Å². The topological polar surface area (TPSA) is 37.4 Å². The van der Waals surface area contributed by atoms with Crippen molar-refractivity contribution in [3.63, 3.8) is 0 Å². The predicted molar refractivity (Wildman–Crippen MR) is 68.2 cm³/mol. The second-order valence-corrected chi connectivity index (χ2v) is 3.25. The molecule has 4 heteroatoms. The zero-order valence-electron chi connectivity index (χ0n) is 10.4. The number of pyridine rings is 1. The van der Waals surface area contributed by atoms with Crippen molar-refractivity contribution in [3.8, 4) is 0 Å². The molecule has 0 aromatic carbocycles. The monoisotopic (exact) mass is 223 g/mol. The minimum absolute atomic E-state index is 0.801. The molecule has 1 aliphatic rings. The van der Waals surface area contributed by atoms with Crippen LogP contribution >= 0.6 is 0 Å². The van der Waals surface area contributed by atoms with Crippen LogP contribution in [0.5, 0.6) is 0 Å². The highest BCUT2D eigenvalue weighted by molar-refractivity contribution is 5.48. The molecule has 0 spiro atoms. The van der Waals surface area contributed by atoms with Crippen molar-refractivity contribution in [3.05, 3.63) is 18.3 Å². The van der Waals surface area contributed by atoms with E-state index in [4.69, 9.17) is 4.74 Å². The van der Waals surface area contributed by atoms with Gasteiger partial charge in [-0.05, 0) is 12.1 Å². The second kappa shape index (κ2) is 7.06. The van der Waals surface area contributed by atoms with Crippen molar-refractivity contribution < 1.29 is 4.74 Å². The summed E-state index contributed by atoms with van der Waals surface area (Å²) in [7, 11) is 1.89. The molecule has 1 aromatic rings. The van der Waals surface area contributed by atoms with Crippen molar-refractivity contribution in [2.75, 3.05) is 43.6 Å². The first-order valence-corrected chi connectivity index (χ1v) is 5.86. The van der Waals surface area contributed by atoms with Crippen LogP contribution in [0.2, 0.25) is 0 Å². The number of hydrogen-bond donors (Lipinski definition) is 1. The molecule has 90 valence electrons. The Balaban J connectivity index is 0.000000606. The third kappa shape index (κ3) is 3.38. The van der Waals surface area contributed by atoms with Gasteiger partial charge in [0.15, 0.2) is 0 Å². The van der Waals surface area contributed by atoms with E-state index in [0.717, 1.165) is 37.8 Å². The van der Waals surface area contributed by atoms with Crippen LogP contribution in [-0.4, -0.2) is 38.3 Å². The van der Waals surface area contributed by atoms with E-state index in [-0.39, 0.29) is 0 Å². The summed E-state index contributed by atoms with van der Waals surface area (Å²) in [5.41, 5.74) is 1.04. The lowest BCUT2D eigenvalue weighted by molar-refractivity contribution is 0.122. The Morgan fingerprint density at radius 3 is 2.44 bits per heavy atom. The van der Waals surface area contributed by atoms with Crippen LogP contribution in [0.3, 0.4) is 0 Å². The molecule has 0 unspecified atom stereocenters. The van der Waals surface area contributed by atoms with E-state index in [1.807, 2.05) is 39.2 Å². The number of anilines is 2. The highest BCUT2D eigenvalue weighted by Gasteiger charge is 2.11. The first kappa shape index (κ1) is 12.8. The molecule has 0 aliphatic carbocycles. The lowest BCUT2D eigenvalue weighted by Crippen LogP contribution is -2.36. The predicted octanol–water partition coefficient (Wildman–Crippen LogP) is 1.99. The van der Waals surface area contributed by atoms with Gasteiger partial charge in [0.25, 0.3) is 0 Å². The van der Waals surface area contributed by atoms with Crippen LogP contribution in [0.4, 0.5) is 11.5 Å². The SMILES string of the molecule is CC.CNc1ccc(N2CCOCC2)nc1. The Morgan fingerprint density at radius 2 is 1.94 bits per heavy atom. The van der Waals surface area contributed by atoms with E-state index in [0.29, 0.717) is 0 Å². The van der Waals surface area contributed by atoms with E-state index in [1.54, 1.807) is 0 Å². The van der Waals surface area contributed by atoms with E-state index in [2.05, 4.69) is 15.2 Å². The molecule has 1 saturated heterocycles. The average molecular weight is 223 g/mol. The van der Waals surface area contributed by atoms with Crippen LogP contribution in [0.1, 0.15) is 13.8 Å². The Morgan fingerprint density at radius 1 is 1.25 bits per heavy atom. The second-order valence-electron chi connectivity index (χ2n) is 3.25. The van der Waals surface area contributed by atoms with Crippen LogP contribution in [0.15, 0.2) is 18.3 Å². The fraction of sp³-hybridized carbons (Fsp3) is 0.583. The van der Waals surface area contributed by atoms with Gasteiger partial charge >= 0.3 is 0 Å². The van der Waals surface area contributed by atoms with Gasteiger partial charge in [0, 0.05) is 20.1 Å². The first-order chi connectivity index (χ1) is 7.90. The molecule has 2 rings (SSSR count). The van der Waals surface area contributed by atoms with Gasteiger partial charge < -0.3 is 15.0 Å². The fourth-order valence-electron chi connectivity index (χ4n) is 1.51. The van der Waals surface area contributed by atoms with Crippen molar-refractivity contribution in [1.29, 1.82) is 0 Å². The van der Waals surface area contributed by atoms with Crippen molar-refractivity contribution >= 4 is 11.5 Å². The molecule has 0 amide bonds. The van der Waals surface area contributed by atoms with Crippen LogP contribution in [-0.2, 0) is 4.74 Å². The summed E-state index contributed by atoms with van der Waals surface area (Å²) >= 11 is 0. The zero-order valence-corrected chi connectivity index (χ0v) is 10.4. The van der Waals surface area contributed by atoms with Gasteiger partial charge in [0.05, 0.1) is 25.1 Å². The van der Waals surface area contributed by atoms with Crippen LogP contribution in [0.25, 0.3) is 0 Å². The molecule has 1 fully saturated rings. The molecule has 4 nitrogen and oxygen atoms in total. The van der Waals surface area contributed by atoms with Gasteiger partial charge in [0.2, 0.25) is 0 Å². The normalized spacial score (nSPS) is 15.1. The van der Waals surface area contributed by atoms with Crippen LogP contribution < -0.4 is 10.2 Å². The summed E-state index contributed by atoms with van der Waals surface area (Å²) < 4.78 is 5.28. The maximum absolute atomic E-state index is 5.28. The number of nitrogens with zero attached hydrogens (tertiary/aromatic N) is 2. The molecule has 1 aliphatic heterocycles. The molecular weight excluding hydrogens is 202 g/mol. The third-order valence-corrected chi connectivity index (χ3v) is 2.37. The summed E-state index contributed by atoms with van der Waals surface area (Å²) in [5, 5.41) is 3.05. The first-order valence-electron chi connectivity index (χ1n) is 5.86. The number of nitrogens with one attached hydrogen (secondary N) is 1. The smallest absolute Gasteiger partial charge is 0.128 e. The molecule has 16 heavy (non-hydrogen) atoms. The summed E-state index contributed by atoms with van der Waals surface area (Å²) in [6.45, 7) is 7.47. The molecule has 0 bridgehead atoms. The van der Waals surface area contributed by atoms with Crippen molar-refractivity contribution in [2.24, 2.45) is 0 Å². The van der Waals surface area contributed by atoms with Crippen LogP contribution in [0, 0.1) is 0 Å². The van der Waals surface area contributed by atoms with Gasteiger partial charge in [0.1, 0.15) is 5.82 Å². The van der Waals surface area contributed by atoms with Gasteiger partial charge in [-0.2, -0.15) is 0 Å². The molecule has 0 radical (unpaired) electrons. The molecular formula is C12H21N3O. The van der Waals surface area contributed by atoms with E-state index >= 15 is 0 Å². The Hall–Kier alpha value is -1.29. The number of morpholine rings is 1. The Bertz CT molecular complexity index is 281. The standard InChI is InChI=1S/C10H15N3O.C2H6/c1-11-9-2-3-10(12-8-9)13-4-6-14-7-5-13;1-2/h2-3,8,11H,4-7H2,1H3;1-2H3. The lowest BCUT2D eigenvalue weighted by Gasteiger charge is -2.27. The van der Waals surface area contributed by atoms with Crippen molar-refractivity contribution in [2.45, 2.75) is 13.8 Å². The Labute approximate surface area is 97.6 Å². The van der Waals surface area contributed by atoms with Gasteiger partial charge in [-0.3, -0.25) is 0 Å². The summed E-state index contributed by atoms with van der Waals surface area (Å²) in [6, 6.07) is 4.08. The number of rotatable bonds is 2. The lowest BCUT2D eigenvalue weighted by atomic mass is 10.3. The highest BCUT2D eigenvalue weighted by Crippen LogP contribution is 2.14. The summed E-state index contributed by atoms with van der Waals surface area (Å²) in [4.78, 5) is 6.62. The molecule has 1 N–H and O–H groups in total. The highest BCUT2D eigenvalue weighted by atomic mass is 16.5. The molecule has 1 aromatic heterocycles. The molecule has 2 heterocycles. The number of hydrogen-bond acceptors (Lipinski definition) is 4. The largest absolute Gasteiger partial charge is 0.387 e. The minimum Gasteiger partial charge on any atom is -0.387 e. The number of ether oxygens (including phenoxy) is 1. The van der Waals surface area contributed by atoms with E-state index in [1.165, 1.54) is 0 Å². The minimum atomic E-state index is 0.801. The summed E-state index contributed by atoms with van der Waals surface area (Å²) in [6.07, 6.45) is 1.85. The van der Waals surface area contributed by atoms with Gasteiger partial charge in [-0.25, -0.2) is 4.98 Å². The quantitative estimate of drug-likeness (QED) is 0.832. The average Bonchev–Trinajstić information content (AvgIpc) is 2.42. The maximum atomic E-state index is 5.28. The van der Waals surface area contributed by atoms with Crippen molar-refractivity contribution in [1.82, 2.24) is 4.98 Å². The molecule has 0 atom stereocenters. The molecule has 0 saturated carbocycles. The Kier molecular flexibility index (Phi) is 5.64. The van der Waals surface area contributed by atoms with Gasteiger partial charge in [-0.1, -0.05) is 13.8 Å². The van der Waals surface area contributed by atoms with Gasteiger partial charge in [-0.15, -0.1) is 0 Å². The fourth-order valence-corrected chi connectivity index (χ4v) is 1.51. The number of aromatic nitrogens is 1.